The summed E-state index contributed by atoms with van der Waals surface area (Å²) in [5.41, 5.74) is 6.67. The van der Waals surface area contributed by atoms with E-state index < -0.39 is 0 Å². The number of carbonyl (C=O) groups is 1. The first-order valence-corrected chi connectivity index (χ1v) is 5.24. The summed E-state index contributed by atoms with van der Waals surface area (Å²) >= 11 is 0. The van der Waals surface area contributed by atoms with Gasteiger partial charge in [0.25, 0.3) is 5.91 Å². The van der Waals surface area contributed by atoms with E-state index in [0.717, 1.165) is 5.56 Å². The average molecular weight is 258 g/mol. The summed E-state index contributed by atoms with van der Waals surface area (Å²) in [5.74, 6) is 5.57. The van der Waals surface area contributed by atoms with Crippen molar-refractivity contribution in [3.63, 3.8) is 0 Å². The fraction of sp³-hybridized carbons (Fsp3) is 0.417. The van der Waals surface area contributed by atoms with Gasteiger partial charge in [-0.05, 0) is 38.5 Å². The molecule has 0 bridgehead atoms. The van der Waals surface area contributed by atoms with Crippen molar-refractivity contribution < 1.29 is 4.79 Å². The van der Waals surface area contributed by atoms with Gasteiger partial charge in [-0.1, -0.05) is 12.1 Å². The van der Waals surface area contributed by atoms with E-state index in [2.05, 4.69) is 0 Å². The highest BCUT2D eigenvalue weighted by molar-refractivity contribution is 5.94. The van der Waals surface area contributed by atoms with Crippen molar-refractivity contribution >= 4 is 18.3 Å². The third-order valence-corrected chi connectivity index (χ3v) is 2.38. The lowest BCUT2D eigenvalue weighted by Crippen LogP contribution is -2.50. The van der Waals surface area contributed by atoms with Crippen LogP contribution in [0.1, 0.15) is 36.7 Å². The molecule has 0 aliphatic rings. The molecule has 0 heterocycles. The molecule has 0 unspecified atom stereocenters. The summed E-state index contributed by atoms with van der Waals surface area (Å²) in [5, 5.41) is 1.24. The minimum atomic E-state index is -0.385. The van der Waals surface area contributed by atoms with Crippen molar-refractivity contribution in [1.29, 1.82) is 0 Å². The van der Waals surface area contributed by atoms with Crippen LogP contribution in [-0.4, -0.2) is 16.5 Å². The van der Waals surface area contributed by atoms with Gasteiger partial charge in [0.1, 0.15) is 0 Å². The molecule has 1 aromatic carbocycles. The van der Waals surface area contributed by atoms with E-state index >= 15 is 0 Å². The maximum atomic E-state index is 12.0. The van der Waals surface area contributed by atoms with Crippen molar-refractivity contribution in [2.24, 2.45) is 11.6 Å². The van der Waals surface area contributed by atoms with Crippen molar-refractivity contribution in [2.75, 3.05) is 0 Å². The van der Waals surface area contributed by atoms with Gasteiger partial charge in [-0.25, -0.2) is 5.84 Å². The van der Waals surface area contributed by atoms with Crippen molar-refractivity contribution in [3.8, 4) is 0 Å². The highest BCUT2D eigenvalue weighted by Crippen LogP contribution is 2.13. The Bertz CT molecular complexity index is 370. The zero-order valence-electron chi connectivity index (χ0n) is 10.4. The number of nitrogens with zero attached hydrogens (tertiary/aromatic N) is 1. The van der Waals surface area contributed by atoms with Gasteiger partial charge in [-0.2, -0.15) is 0 Å². The maximum absolute atomic E-state index is 12.0. The summed E-state index contributed by atoms with van der Waals surface area (Å²) in [7, 11) is 0. The molecule has 0 saturated carbocycles. The Balaban J connectivity index is 0.00000256. The van der Waals surface area contributed by atoms with E-state index in [0.29, 0.717) is 12.1 Å². The number of nitrogens with two attached hydrogens (primary N) is 2. The highest BCUT2D eigenvalue weighted by Gasteiger charge is 2.24. The molecule has 5 heteroatoms. The molecule has 0 fully saturated rings. The van der Waals surface area contributed by atoms with Crippen molar-refractivity contribution in [1.82, 2.24) is 5.01 Å². The molecule has 0 spiro atoms. The first-order valence-electron chi connectivity index (χ1n) is 5.24. The van der Waals surface area contributed by atoms with Crippen LogP contribution < -0.4 is 11.6 Å². The number of hydrogen-bond acceptors (Lipinski definition) is 3. The van der Waals surface area contributed by atoms with Crippen LogP contribution in [0.4, 0.5) is 0 Å². The standard InChI is InChI=1S/C12H19N3O.ClH/c1-12(2,3)15(14)11(16)10-6-4-9(8-13)5-7-10;/h4-7H,8,13-14H2,1-3H3;1H. The number of amides is 1. The lowest BCUT2D eigenvalue weighted by Gasteiger charge is -2.31. The largest absolute Gasteiger partial charge is 0.326 e. The molecule has 17 heavy (non-hydrogen) atoms. The van der Waals surface area contributed by atoms with Crippen LogP contribution in [0.15, 0.2) is 24.3 Å². The Morgan fingerprint density at radius 2 is 1.71 bits per heavy atom. The average Bonchev–Trinajstić information content (AvgIpc) is 2.26. The SMILES string of the molecule is CC(C)(C)N(N)C(=O)c1ccc(CN)cc1.Cl. The summed E-state index contributed by atoms with van der Waals surface area (Å²) in [6.07, 6.45) is 0. The first-order chi connectivity index (χ1) is 7.36. The molecule has 0 aliphatic carbocycles. The Kier molecular flexibility index (Phi) is 5.61. The number of carbonyl (C=O) groups excluding carboxylic acids is 1. The monoisotopic (exact) mass is 257 g/mol. The van der Waals surface area contributed by atoms with E-state index in [1.54, 1.807) is 12.1 Å². The van der Waals surface area contributed by atoms with Crippen LogP contribution in [-0.2, 0) is 6.54 Å². The molecule has 96 valence electrons. The van der Waals surface area contributed by atoms with E-state index in [4.69, 9.17) is 11.6 Å². The van der Waals surface area contributed by atoms with Crippen LogP contribution >= 0.6 is 12.4 Å². The molecule has 0 atom stereocenters. The van der Waals surface area contributed by atoms with Crippen molar-refractivity contribution in [2.45, 2.75) is 32.9 Å². The van der Waals surface area contributed by atoms with Crippen LogP contribution in [0.25, 0.3) is 0 Å². The maximum Gasteiger partial charge on any atom is 0.268 e. The summed E-state index contributed by atoms with van der Waals surface area (Å²) in [6, 6.07) is 7.17. The Morgan fingerprint density at radius 1 is 1.24 bits per heavy atom. The molecular weight excluding hydrogens is 238 g/mol. The van der Waals surface area contributed by atoms with Crippen LogP contribution in [0.2, 0.25) is 0 Å². The van der Waals surface area contributed by atoms with E-state index in [9.17, 15) is 4.79 Å². The third kappa shape index (κ3) is 4.00. The van der Waals surface area contributed by atoms with Crippen molar-refractivity contribution in [3.05, 3.63) is 35.4 Å². The predicted molar refractivity (Wildman–Crippen MR) is 71.7 cm³/mol. The Hall–Kier alpha value is -1.10. The minimum Gasteiger partial charge on any atom is -0.326 e. The third-order valence-electron chi connectivity index (χ3n) is 2.38. The lowest BCUT2D eigenvalue weighted by atomic mass is 10.1. The van der Waals surface area contributed by atoms with Gasteiger partial charge in [0, 0.05) is 12.1 Å². The quantitative estimate of drug-likeness (QED) is 0.481. The van der Waals surface area contributed by atoms with Crippen LogP contribution in [0.5, 0.6) is 0 Å². The molecule has 1 aromatic rings. The molecule has 0 saturated heterocycles. The van der Waals surface area contributed by atoms with Gasteiger partial charge in [0.15, 0.2) is 0 Å². The fourth-order valence-electron chi connectivity index (χ4n) is 1.23. The highest BCUT2D eigenvalue weighted by atomic mass is 35.5. The number of rotatable bonds is 2. The normalized spacial score (nSPS) is 10.6. The number of hydrogen-bond donors (Lipinski definition) is 2. The molecule has 0 aliphatic heterocycles. The predicted octanol–water partition coefficient (Wildman–Crippen LogP) is 1.68. The molecule has 4 nitrogen and oxygen atoms in total. The van der Waals surface area contributed by atoms with Crippen LogP contribution in [0, 0.1) is 0 Å². The lowest BCUT2D eigenvalue weighted by molar-refractivity contribution is 0.0582. The number of benzene rings is 1. The molecule has 4 N–H and O–H groups in total. The Labute approximate surface area is 108 Å². The molecular formula is C12H20ClN3O. The van der Waals surface area contributed by atoms with Gasteiger partial charge in [-0.15, -0.1) is 12.4 Å². The Morgan fingerprint density at radius 3 is 2.06 bits per heavy atom. The fourth-order valence-corrected chi connectivity index (χ4v) is 1.23. The van der Waals surface area contributed by atoms with Crippen LogP contribution in [0.3, 0.4) is 0 Å². The number of hydrazine groups is 1. The summed E-state index contributed by atoms with van der Waals surface area (Å²) in [4.78, 5) is 12.0. The molecule has 1 rings (SSSR count). The zero-order valence-corrected chi connectivity index (χ0v) is 11.3. The van der Waals surface area contributed by atoms with Gasteiger partial charge < -0.3 is 5.73 Å². The second-order valence-electron chi connectivity index (χ2n) is 4.75. The van der Waals surface area contributed by atoms with Gasteiger partial charge in [0.05, 0.1) is 5.54 Å². The van der Waals surface area contributed by atoms with Gasteiger partial charge in [-0.3, -0.25) is 9.80 Å². The van der Waals surface area contributed by atoms with Gasteiger partial charge >= 0.3 is 0 Å². The van der Waals surface area contributed by atoms with E-state index in [1.807, 2.05) is 32.9 Å². The number of halogens is 1. The topological polar surface area (TPSA) is 72.3 Å². The second kappa shape index (κ2) is 6.00. The van der Waals surface area contributed by atoms with Gasteiger partial charge in [0.2, 0.25) is 0 Å². The summed E-state index contributed by atoms with van der Waals surface area (Å²) < 4.78 is 0. The van der Waals surface area contributed by atoms with E-state index in [-0.39, 0.29) is 23.9 Å². The van der Waals surface area contributed by atoms with E-state index in [1.165, 1.54) is 5.01 Å². The summed E-state index contributed by atoms with van der Waals surface area (Å²) in [6.45, 7) is 6.14. The molecule has 1 amide bonds. The second-order valence-corrected chi connectivity index (χ2v) is 4.75. The smallest absolute Gasteiger partial charge is 0.268 e. The zero-order chi connectivity index (χ0) is 12.3. The molecule has 0 radical (unpaired) electrons. The minimum absolute atomic E-state index is 0. The first kappa shape index (κ1) is 15.9. The molecule has 0 aromatic heterocycles.